The van der Waals surface area contributed by atoms with Gasteiger partial charge in [-0.3, -0.25) is 9.80 Å². The van der Waals surface area contributed by atoms with Crippen LogP contribution < -0.4 is 42.6 Å². The summed E-state index contributed by atoms with van der Waals surface area (Å²) in [6, 6.07) is 10.6. The molecule has 1 aliphatic carbocycles. The van der Waals surface area contributed by atoms with Crippen molar-refractivity contribution < 1.29 is 42.6 Å². The first-order valence-electron chi connectivity index (χ1n) is 18.0. The fraction of sp³-hybridized carbons (Fsp3) is 0.429. The average Bonchev–Trinajstić information content (AvgIpc) is 3.20. The van der Waals surface area contributed by atoms with Gasteiger partial charge in [0, 0.05) is 59.5 Å². The molecule has 11 nitrogen and oxygen atoms in total. The van der Waals surface area contributed by atoms with E-state index in [2.05, 4.69) is 35.0 Å². The molecule has 4 aromatic carbocycles. The number of methoxy groups -OCH3 is 8. The van der Waals surface area contributed by atoms with Crippen LogP contribution in [0.4, 0.5) is 0 Å². The van der Waals surface area contributed by atoms with E-state index < -0.39 is 0 Å². The molecule has 0 radical (unpaired) electrons. The summed E-state index contributed by atoms with van der Waals surface area (Å²) in [6.45, 7) is 2.42. The van der Waals surface area contributed by atoms with E-state index in [9.17, 15) is 0 Å². The van der Waals surface area contributed by atoms with Crippen LogP contribution >= 0.6 is 0 Å². The molecule has 4 aromatic rings. The lowest BCUT2D eigenvalue weighted by Crippen LogP contribution is -2.39. The van der Waals surface area contributed by atoms with Crippen molar-refractivity contribution in [3.8, 4) is 68.6 Å². The molecule has 53 heavy (non-hydrogen) atoms. The molecule has 0 saturated heterocycles. The quantitative estimate of drug-likeness (QED) is 0.170. The van der Waals surface area contributed by atoms with Gasteiger partial charge >= 0.3 is 0 Å². The SMILES string of the molecule is COc1cc2c(cc1OC)C1Cc3c(c(Oc4ccc(OC)c5c4CC4c6c(cc(OC)c(OC)c6-5)CCN4C)c(OC)c(OC)c3OC)CN1CC2. The third kappa shape index (κ3) is 5.30. The van der Waals surface area contributed by atoms with Crippen molar-refractivity contribution in [3.05, 3.63) is 69.3 Å². The maximum absolute atomic E-state index is 7.21. The number of rotatable bonds is 10. The van der Waals surface area contributed by atoms with E-state index in [1.165, 1.54) is 22.3 Å². The highest BCUT2D eigenvalue weighted by Gasteiger charge is 2.42. The molecule has 0 spiro atoms. The summed E-state index contributed by atoms with van der Waals surface area (Å²) in [6.07, 6.45) is 3.21. The Bertz CT molecular complexity index is 2100. The van der Waals surface area contributed by atoms with Crippen molar-refractivity contribution in [3.63, 3.8) is 0 Å². The zero-order valence-corrected chi connectivity index (χ0v) is 32.1. The molecule has 0 N–H and O–H groups in total. The van der Waals surface area contributed by atoms with E-state index in [0.717, 1.165) is 77.4 Å². The van der Waals surface area contributed by atoms with Gasteiger partial charge in [0.25, 0.3) is 0 Å². The minimum absolute atomic E-state index is 0.0923. The Labute approximate surface area is 311 Å². The number of likely N-dealkylation sites (N-methyl/N-ethyl adjacent to an activating group) is 1. The Balaban J connectivity index is 1.32. The van der Waals surface area contributed by atoms with Gasteiger partial charge in [-0.15, -0.1) is 0 Å². The summed E-state index contributed by atoms with van der Waals surface area (Å²) < 4.78 is 55.0. The van der Waals surface area contributed by atoms with E-state index in [1.54, 1.807) is 56.9 Å². The Morgan fingerprint density at radius 1 is 0.509 bits per heavy atom. The Morgan fingerprint density at radius 2 is 1.11 bits per heavy atom. The van der Waals surface area contributed by atoms with Gasteiger partial charge in [-0.25, -0.2) is 0 Å². The maximum atomic E-state index is 7.21. The molecule has 3 heterocycles. The van der Waals surface area contributed by atoms with Gasteiger partial charge in [0.2, 0.25) is 11.5 Å². The van der Waals surface area contributed by atoms with Gasteiger partial charge in [0.1, 0.15) is 11.5 Å². The fourth-order valence-electron chi connectivity index (χ4n) is 9.22. The lowest BCUT2D eigenvalue weighted by atomic mass is 9.76. The van der Waals surface area contributed by atoms with Crippen LogP contribution in [-0.2, 0) is 32.2 Å². The first-order valence-corrected chi connectivity index (χ1v) is 18.0. The second-order valence-corrected chi connectivity index (χ2v) is 14.0. The van der Waals surface area contributed by atoms with Crippen LogP contribution in [0.2, 0.25) is 0 Å². The van der Waals surface area contributed by atoms with Gasteiger partial charge in [-0.05, 0) is 85.3 Å². The number of hydrogen-bond donors (Lipinski definition) is 0. The Morgan fingerprint density at radius 3 is 1.79 bits per heavy atom. The molecule has 0 saturated carbocycles. The second-order valence-electron chi connectivity index (χ2n) is 14.0. The number of hydrogen-bond acceptors (Lipinski definition) is 11. The summed E-state index contributed by atoms with van der Waals surface area (Å²) in [5.74, 6) is 6.57. The zero-order chi connectivity index (χ0) is 37.1. The molecule has 11 heteroatoms. The Hall–Kier alpha value is -5.00. The third-order valence-corrected chi connectivity index (χ3v) is 11.7. The summed E-state index contributed by atoms with van der Waals surface area (Å²) in [5.41, 5.74) is 10.0. The van der Waals surface area contributed by atoms with Crippen molar-refractivity contribution in [1.29, 1.82) is 0 Å². The van der Waals surface area contributed by atoms with Crippen molar-refractivity contribution in [2.24, 2.45) is 0 Å². The van der Waals surface area contributed by atoms with E-state index in [-0.39, 0.29) is 12.1 Å². The first kappa shape index (κ1) is 35.1. The van der Waals surface area contributed by atoms with E-state index in [0.29, 0.717) is 53.2 Å². The molecule has 2 atom stereocenters. The third-order valence-electron chi connectivity index (χ3n) is 11.7. The lowest BCUT2D eigenvalue weighted by Gasteiger charge is -2.43. The molecule has 4 aliphatic rings. The van der Waals surface area contributed by atoms with Crippen LogP contribution in [0.25, 0.3) is 11.1 Å². The monoisotopic (exact) mass is 724 g/mol. The van der Waals surface area contributed by atoms with Crippen LogP contribution in [0.1, 0.15) is 51.0 Å². The molecule has 3 aliphatic heterocycles. The maximum Gasteiger partial charge on any atom is 0.208 e. The van der Waals surface area contributed by atoms with Gasteiger partial charge in [0.05, 0.1) is 56.9 Å². The average molecular weight is 725 g/mol. The van der Waals surface area contributed by atoms with Crippen molar-refractivity contribution in [2.45, 2.75) is 44.3 Å². The molecular weight excluding hydrogens is 676 g/mol. The normalized spacial score (nSPS) is 18.4. The second kappa shape index (κ2) is 13.8. The van der Waals surface area contributed by atoms with Gasteiger partial charge in [0.15, 0.2) is 34.5 Å². The number of ether oxygens (including phenoxy) is 9. The van der Waals surface area contributed by atoms with Gasteiger partial charge in [-0.2, -0.15) is 0 Å². The Kier molecular flexibility index (Phi) is 9.10. The zero-order valence-electron chi connectivity index (χ0n) is 32.1. The van der Waals surface area contributed by atoms with Gasteiger partial charge < -0.3 is 42.6 Å². The molecular formula is C42H48N2O9. The topological polar surface area (TPSA) is 89.6 Å². The van der Waals surface area contributed by atoms with Crippen molar-refractivity contribution >= 4 is 0 Å². The summed E-state index contributed by atoms with van der Waals surface area (Å²) >= 11 is 0. The van der Waals surface area contributed by atoms with E-state index in [4.69, 9.17) is 42.6 Å². The smallest absolute Gasteiger partial charge is 0.208 e. The molecule has 280 valence electrons. The minimum Gasteiger partial charge on any atom is -0.496 e. The van der Waals surface area contributed by atoms with E-state index in [1.807, 2.05) is 12.1 Å². The highest BCUT2D eigenvalue weighted by atomic mass is 16.6. The first-order chi connectivity index (χ1) is 25.8. The fourth-order valence-corrected chi connectivity index (χ4v) is 9.22. The van der Waals surface area contributed by atoms with Crippen LogP contribution in [-0.4, -0.2) is 86.8 Å². The lowest BCUT2D eigenvalue weighted by molar-refractivity contribution is 0.155. The molecule has 0 bridgehead atoms. The number of benzene rings is 4. The van der Waals surface area contributed by atoms with Crippen LogP contribution in [0.15, 0.2) is 30.3 Å². The highest BCUT2D eigenvalue weighted by Crippen LogP contribution is 2.59. The summed E-state index contributed by atoms with van der Waals surface area (Å²) in [7, 11) is 15.6. The van der Waals surface area contributed by atoms with Crippen molar-refractivity contribution in [2.75, 3.05) is 77.0 Å². The standard InChI is InChI=1S/C42H48N2O9/c1-43-14-12-23-17-34(48-5)40(50-7)37-35(23)29(43)19-26-30(10-11-31(45-2)36(26)37)53-39-27-21-44-15-13-22-16-32(46-3)33(47-4)20-24(22)28(44)18-25(27)38(49-6)41(51-8)42(39)52-9/h10-11,16-17,20,28-29H,12-15,18-19,21H2,1-9H3. The van der Waals surface area contributed by atoms with Crippen LogP contribution in [0, 0.1) is 0 Å². The minimum atomic E-state index is 0.0923. The van der Waals surface area contributed by atoms with Crippen molar-refractivity contribution in [1.82, 2.24) is 9.80 Å². The number of nitrogens with zero attached hydrogens (tertiary/aromatic N) is 2. The van der Waals surface area contributed by atoms with Crippen LogP contribution in [0.5, 0.6) is 57.5 Å². The molecule has 2 unspecified atom stereocenters. The molecule has 0 fully saturated rings. The largest absolute Gasteiger partial charge is 0.496 e. The molecule has 0 aromatic heterocycles. The summed E-state index contributed by atoms with van der Waals surface area (Å²) in [4.78, 5) is 4.92. The molecule has 8 rings (SSSR count). The van der Waals surface area contributed by atoms with Crippen LogP contribution in [0.3, 0.4) is 0 Å². The highest BCUT2D eigenvalue weighted by molar-refractivity contribution is 5.88. The molecule has 0 amide bonds. The van der Waals surface area contributed by atoms with Gasteiger partial charge in [-0.1, -0.05) is 0 Å². The predicted molar refractivity (Wildman–Crippen MR) is 201 cm³/mol. The van der Waals surface area contributed by atoms with E-state index >= 15 is 0 Å². The summed E-state index contributed by atoms with van der Waals surface area (Å²) in [5, 5.41) is 0. The number of fused-ring (bicyclic) bond motifs is 6. The predicted octanol–water partition coefficient (Wildman–Crippen LogP) is 6.96.